The van der Waals surface area contributed by atoms with E-state index in [1.807, 2.05) is 12.1 Å². The van der Waals surface area contributed by atoms with Gasteiger partial charge in [0.05, 0.1) is 10.7 Å². The van der Waals surface area contributed by atoms with Gasteiger partial charge in [0, 0.05) is 36.2 Å². The molecule has 0 saturated carbocycles. The molecule has 0 bridgehead atoms. The standard InChI is InChI=1S/C14H18N2OS.C4H4O4/c1-11(17)10-14-16(9-8-15(2)3)12-6-4-5-7-13(12)18-14;5-3(6)1-2-4(7)8/h4-7,10H,8-9H2,1-3H3;1-2H,(H,5,6)(H,7,8)/b14-10-;2-1+. The van der Waals surface area contributed by atoms with Gasteiger partial charge in [0.2, 0.25) is 0 Å². The Balaban J connectivity index is 0.000000359. The zero-order chi connectivity index (χ0) is 19.7. The molecule has 1 heterocycles. The highest BCUT2D eigenvalue weighted by molar-refractivity contribution is 8.03. The van der Waals surface area contributed by atoms with Crippen molar-refractivity contribution in [3.63, 3.8) is 0 Å². The molecule has 8 heteroatoms. The molecule has 1 aliphatic heterocycles. The van der Waals surface area contributed by atoms with Crippen LogP contribution in [0.4, 0.5) is 5.69 Å². The molecule has 0 aromatic heterocycles. The van der Waals surface area contributed by atoms with Gasteiger partial charge in [-0.05, 0) is 33.2 Å². The SMILES string of the molecule is CC(=O)/C=C1\Sc2ccccc2N1CCN(C)C.O=C(O)/C=C/C(=O)O. The van der Waals surface area contributed by atoms with Crippen molar-refractivity contribution < 1.29 is 24.6 Å². The molecule has 1 aromatic rings. The topological polar surface area (TPSA) is 98.2 Å². The number of allylic oxidation sites excluding steroid dienone is 1. The molecular formula is C18H22N2O5S. The minimum atomic E-state index is -1.26. The van der Waals surface area contributed by atoms with Crippen molar-refractivity contribution in [1.82, 2.24) is 4.90 Å². The Morgan fingerprint density at radius 3 is 2.19 bits per heavy atom. The van der Waals surface area contributed by atoms with Crippen LogP contribution in [0.2, 0.25) is 0 Å². The van der Waals surface area contributed by atoms with Crippen molar-refractivity contribution in [2.24, 2.45) is 0 Å². The van der Waals surface area contributed by atoms with Crippen LogP contribution in [0.15, 0.2) is 52.4 Å². The van der Waals surface area contributed by atoms with Crippen LogP contribution in [-0.4, -0.2) is 60.0 Å². The summed E-state index contributed by atoms with van der Waals surface area (Å²) in [5.74, 6) is -2.42. The zero-order valence-corrected chi connectivity index (χ0v) is 15.7. The lowest BCUT2D eigenvalue weighted by Gasteiger charge is -2.22. The van der Waals surface area contributed by atoms with Gasteiger partial charge >= 0.3 is 11.9 Å². The monoisotopic (exact) mass is 378 g/mol. The molecule has 1 aromatic carbocycles. The second-order valence-corrected chi connectivity index (χ2v) is 6.69. The molecular weight excluding hydrogens is 356 g/mol. The van der Waals surface area contributed by atoms with E-state index < -0.39 is 11.9 Å². The molecule has 0 atom stereocenters. The summed E-state index contributed by atoms with van der Waals surface area (Å²) in [6.07, 6.45) is 2.84. The number of thioether (sulfide) groups is 1. The van der Waals surface area contributed by atoms with Crippen LogP contribution < -0.4 is 4.90 Å². The van der Waals surface area contributed by atoms with E-state index in [2.05, 4.69) is 36.0 Å². The number of carboxylic acid groups (broad SMARTS) is 2. The summed E-state index contributed by atoms with van der Waals surface area (Å²) in [5.41, 5.74) is 1.21. The number of carbonyl (C=O) groups is 3. The first-order valence-electron chi connectivity index (χ1n) is 7.76. The molecule has 0 unspecified atom stereocenters. The predicted octanol–water partition coefficient (Wildman–Crippen LogP) is 2.30. The number of para-hydroxylation sites is 1. The number of aliphatic carboxylic acids is 2. The predicted molar refractivity (Wildman–Crippen MR) is 101 cm³/mol. The number of hydrogen-bond donors (Lipinski definition) is 2. The van der Waals surface area contributed by atoms with E-state index in [1.54, 1.807) is 24.8 Å². The third-order valence-electron chi connectivity index (χ3n) is 3.10. The number of benzene rings is 1. The number of carboxylic acids is 2. The van der Waals surface area contributed by atoms with Gasteiger partial charge in [-0.3, -0.25) is 4.79 Å². The van der Waals surface area contributed by atoms with E-state index >= 15 is 0 Å². The smallest absolute Gasteiger partial charge is 0.328 e. The van der Waals surface area contributed by atoms with Crippen LogP contribution in [-0.2, 0) is 14.4 Å². The summed E-state index contributed by atoms with van der Waals surface area (Å²) >= 11 is 1.67. The van der Waals surface area contributed by atoms with Crippen LogP contribution >= 0.6 is 11.8 Å². The molecule has 2 rings (SSSR count). The summed E-state index contributed by atoms with van der Waals surface area (Å²) in [6.45, 7) is 3.46. The van der Waals surface area contributed by atoms with E-state index in [9.17, 15) is 14.4 Å². The summed E-state index contributed by atoms with van der Waals surface area (Å²) in [5, 5.41) is 16.7. The van der Waals surface area contributed by atoms with Gasteiger partial charge in [-0.25, -0.2) is 9.59 Å². The van der Waals surface area contributed by atoms with Crippen LogP contribution in [0.3, 0.4) is 0 Å². The second kappa shape index (κ2) is 10.4. The lowest BCUT2D eigenvalue weighted by molar-refractivity contribution is -0.134. The molecule has 0 spiro atoms. The van der Waals surface area contributed by atoms with Gasteiger partial charge in [-0.15, -0.1) is 0 Å². The van der Waals surface area contributed by atoms with Crippen molar-refractivity contribution in [2.75, 3.05) is 32.1 Å². The van der Waals surface area contributed by atoms with Crippen molar-refractivity contribution in [3.05, 3.63) is 47.5 Å². The Labute approximate surface area is 156 Å². The number of anilines is 1. The lowest BCUT2D eigenvalue weighted by Crippen LogP contribution is -2.28. The highest BCUT2D eigenvalue weighted by atomic mass is 32.2. The number of nitrogens with zero attached hydrogens (tertiary/aromatic N) is 2. The lowest BCUT2D eigenvalue weighted by atomic mass is 10.3. The third kappa shape index (κ3) is 7.54. The number of hydrogen-bond acceptors (Lipinski definition) is 6. The molecule has 0 aliphatic carbocycles. The molecule has 0 fully saturated rings. The Morgan fingerprint density at radius 2 is 1.69 bits per heavy atom. The Hall–Kier alpha value is -2.58. The Kier molecular flexibility index (Phi) is 8.60. The minimum absolute atomic E-state index is 0.0974. The number of fused-ring (bicyclic) bond motifs is 1. The zero-order valence-electron chi connectivity index (χ0n) is 14.9. The van der Waals surface area contributed by atoms with Gasteiger partial charge < -0.3 is 20.0 Å². The highest BCUT2D eigenvalue weighted by Crippen LogP contribution is 2.45. The molecule has 0 saturated heterocycles. The molecule has 26 heavy (non-hydrogen) atoms. The fraction of sp³-hybridized carbons (Fsp3) is 0.278. The van der Waals surface area contributed by atoms with E-state index in [1.165, 1.54) is 10.6 Å². The Morgan fingerprint density at radius 1 is 1.12 bits per heavy atom. The van der Waals surface area contributed by atoms with Crippen molar-refractivity contribution in [3.8, 4) is 0 Å². The van der Waals surface area contributed by atoms with Crippen molar-refractivity contribution >= 4 is 35.2 Å². The highest BCUT2D eigenvalue weighted by Gasteiger charge is 2.24. The minimum Gasteiger partial charge on any atom is -0.478 e. The van der Waals surface area contributed by atoms with E-state index in [0.717, 1.165) is 18.1 Å². The normalized spacial score (nSPS) is 14.3. The number of ketones is 1. The van der Waals surface area contributed by atoms with Crippen LogP contribution in [0, 0.1) is 0 Å². The van der Waals surface area contributed by atoms with Crippen LogP contribution in [0.25, 0.3) is 0 Å². The average Bonchev–Trinajstić information content (AvgIpc) is 2.88. The summed E-state index contributed by atoms with van der Waals surface area (Å²) < 4.78 is 0. The maximum atomic E-state index is 11.3. The third-order valence-corrected chi connectivity index (χ3v) is 4.22. The largest absolute Gasteiger partial charge is 0.478 e. The fourth-order valence-corrected chi connectivity index (χ4v) is 3.19. The number of rotatable bonds is 6. The van der Waals surface area contributed by atoms with Gasteiger partial charge in [0.15, 0.2) is 5.78 Å². The number of carbonyl (C=O) groups excluding carboxylic acids is 1. The first-order chi connectivity index (χ1) is 12.2. The molecule has 2 N–H and O–H groups in total. The van der Waals surface area contributed by atoms with Crippen molar-refractivity contribution in [2.45, 2.75) is 11.8 Å². The van der Waals surface area contributed by atoms with Gasteiger partial charge in [-0.2, -0.15) is 0 Å². The maximum absolute atomic E-state index is 11.3. The molecule has 0 amide bonds. The Bertz CT molecular complexity index is 712. The van der Waals surface area contributed by atoms with E-state index in [0.29, 0.717) is 12.2 Å². The van der Waals surface area contributed by atoms with E-state index in [-0.39, 0.29) is 5.78 Å². The molecule has 0 radical (unpaired) electrons. The van der Waals surface area contributed by atoms with Crippen molar-refractivity contribution in [1.29, 1.82) is 0 Å². The molecule has 7 nitrogen and oxygen atoms in total. The molecule has 1 aliphatic rings. The van der Waals surface area contributed by atoms with Crippen LogP contribution in [0.5, 0.6) is 0 Å². The van der Waals surface area contributed by atoms with Crippen LogP contribution in [0.1, 0.15) is 6.92 Å². The van der Waals surface area contributed by atoms with Gasteiger partial charge in [0.1, 0.15) is 0 Å². The number of likely N-dealkylation sites (N-methyl/N-ethyl adjacent to an activating group) is 1. The molecule has 140 valence electrons. The van der Waals surface area contributed by atoms with E-state index in [4.69, 9.17) is 10.2 Å². The maximum Gasteiger partial charge on any atom is 0.328 e. The summed E-state index contributed by atoms with van der Waals surface area (Å²) in [7, 11) is 4.12. The summed E-state index contributed by atoms with van der Waals surface area (Å²) in [4.78, 5) is 36.0. The summed E-state index contributed by atoms with van der Waals surface area (Å²) in [6, 6.07) is 8.29. The van der Waals surface area contributed by atoms with Gasteiger partial charge in [0.25, 0.3) is 0 Å². The first kappa shape index (κ1) is 21.5. The first-order valence-corrected chi connectivity index (χ1v) is 8.57. The second-order valence-electron chi connectivity index (χ2n) is 5.63. The quantitative estimate of drug-likeness (QED) is 0.728. The van der Waals surface area contributed by atoms with Gasteiger partial charge in [-0.1, -0.05) is 23.9 Å². The fourth-order valence-electron chi connectivity index (χ4n) is 2.01. The average molecular weight is 378 g/mol.